The van der Waals surface area contributed by atoms with Gasteiger partial charge in [-0.25, -0.2) is 0 Å². The lowest BCUT2D eigenvalue weighted by Gasteiger charge is -2.29. The van der Waals surface area contributed by atoms with Gasteiger partial charge in [0, 0.05) is 28.4 Å². The van der Waals surface area contributed by atoms with E-state index in [1.165, 1.54) is 17.5 Å². The molecule has 0 spiro atoms. The first-order chi connectivity index (χ1) is 9.78. The first-order valence-corrected chi connectivity index (χ1v) is 8.20. The summed E-state index contributed by atoms with van der Waals surface area (Å²) in [7, 11) is 0. The summed E-state index contributed by atoms with van der Waals surface area (Å²) < 4.78 is 1.24. The minimum absolute atomic E-state index is 0.0735. The lowest BCUT2D eigenvalue weighted by atomic mass is 9.99. The average Bonchev–Trinajstić information content (AvgIpc) is 3.04. The van der Waals surface area contributed by atoms with E-state index in [-0.39, 0.29) is 5.91 Å². The van der Waals surface area contributed by atoms with Crippen LogP contribution in [0.1, 0.15) is 36.0 Å². The second-order valence-corrected chi connectivity index (χ2v) is 6.90. The minimum atomic E-state index is 0.0735. The molecule has 104 valence electrons. The van der Waals surface area contributed by atoms with Gasteiger partial charge in [0.05, 0.1) is 0 Å². The fourth-order valence-electron chi connectivity index (χ4n) is 3.55. The molecule has 2 atom stereocenters. The lowest BCUT2D eigenvalue weighted by molar-refractivity contribution is 0.0924. The number of carbonyl (C=O) groups is 1. The molecule has 0 radical (unpaired) electrons. The van der Waals surface area contributed by atoms with Crippen molar-refractivity contribution in [2.45, 2.75) is 43.8 Å². The van der Waals surface area contributed by atoms with Crippen LogP contribution in [-0.4, -0.2) is 24.0 Å². The monoisotopic (exact) mass is 286 g/mol. The molecule has 2 unspecified atom stereocenters. The third-order valence-corrected chi connectivity index (χ3v) is 5.42. The van der Waals surface area contributed by atoms with Gasteiger partial charge in [-0.3, -0.25) is 4.79 Å². The van der Waals surface area contributed by atoms with E-state index in [1.54, 1.807) is 11.3 Å². The molecule has 20 heavy (non-hydrogen) atoms. The largest absolute Gasteiger partial charge is 0.349 e. The highest BCUT2D eigenvalue weighted by Gasteiger charge is 2.34. The van der Waals surface area contributed by atoms with E-state index in [1.807, 2.05) is 18.2 Å². The summed E-state index contributed by atoms with van der Waals surface area (Å²) in [5.74, 6) is 0.0735. The normalized spacial score (nSPS) is 28.7. The van der Waals surface area contributed by atoms with Crippen molar-refractivity contribution in [1.82, 2.24) is 10.6 Å². The molecular formula is C16H18N2OS. The molecule has 3 nitrogen and oxygen atoms in total. The molecule has 2 N–H and O–H groups in total. The minimum Gasteiger partial charge on any atom is -0.349 e. The van der Waals surface area contributed by atoms with Crippen LogP contribution < -0.4 is 10.6 Å². The number of thiophene rings is 1. The molecule has 3 heterocycles. The molecule has 2 fully saturated rings. The van der Waals surface area contributed by atoms with Gasteiger partial charge in [-0.15, -0.1) is 11.3 Å². The topological polar surface area (TPSA) is 41.1 Å². The molecule has 2 aliphatic heterocycles. The molecule has 2 aliphatic rings. The zero-order valence-electron chi connectivity index (χ0n) is 11.3. The van der Waals surface area contributed by atoms with Crippen molar-refractivity contribution < 1.29 is 4.79 Å². The molecule has 0 aliphatic carbocycles. The highest BCUT2D eigenvalue weighted by Crippen LogP contribution is 2.27. The number of hydrogen-bond acceptors (Lipinski definition) is 3. The number of piperidine rings is 1. The SMILES string of the molecule is O=C(NC1CC2CCC(C1)N2)c1ccc2sccc2c1. The van der Waals surface area contributed by atoms with Gasteiger partial charge < -0.3 is 10.6 Å². The van der Waals surface area contributed by atoms with Crippen LogP contribution in [0.3, 0.4) is 0 Å². The Kier molecular flexibility index (Phi) is 3.00. The Morgan fingerprint density at radius 2 is 2.00 bits per heavy atom. The zero-order valence-corrected chi connectivity index (χ0v) is 12.1. The lowest BCUT2D eigenvalue weighted by Crippen LogP contribution is -2.48. The maximum Gasteiger partial charge on any atom is 0.251 e. The van der Waals surface area contributed by atoms with E-state index in [0.717, 1.165) is 23.8 Å². The Balaban J connectivity index is 1.49. The van der Waals surface area contributed by atoms with Gasteiger partial charge in [-0.05, 0) is 60.7 Å². The first kappa shape index (κ1) is 12.4. The Hall–Kier alpha value is -1.39. The fourth-order valence-corrected chi connectivity index (χ4v) is 4.32. The molecule has 1 aromatic carbocycles. The van der Waals surface area contributed by atoms with Gasteiger partial charge in [0.15, 0.2) is 0 Å². The molecule has 0 saturated carbocycles. The summed E-state index contributed by atoms with van der Waals surface area (Å²) in [5.41, 5.74) is 0.779. The number of amides is 1. The van der Waals surface area contributed by atoms with Crippen LogP contribution in [0.4, 0.5) is 0 Å². The zero-order chi connectivity index (χ0) is 13.5. The Morgan fingerprint density at radius 1 is 1.20 bits per heavy atom. The molecule has 1 aromatic heterocycles. The third-order valence-electron chi connectivity index (χ3n) is 4.52. The van der Waals surface area contributed by atoms with Crippen LogP contribution in [0.15, 0.2) is 29.6 Å². The summed E-state index contributed by atoms with van der Waals surface area (Å²) in [6.07, 6.45) is 4.67. The predicted octanol–water partition coefficient (Wildman–Crippen LogP) is 2.91. The maximum absolute atomic E-state index is 12.4. The highest BCUT2D eigenvalue weighted by atomic mass is 32.1. The van der Waals surface area contributed by atoms with Crippen molar-refractivity contribution >= 4 is 27.3 Å². The Morgan fingerprint density at radius 3 is 2.80 bits per heavy atom. The fraction of sp³-hybridized carbons (Fsp3) is 0.438. The summed E-state index contributed by atoms with van der Waals surface area (Å²) in [4.78, 5) is 12.4. The smallest absolute Gasteiger partial charge is 0.251 e. The first-order valence-electron chi connectivity index (χ1n) is 7.32. The quantitative estimate of drug-likeness (QED) is 0.891. The third kappa shape index (κ3) is 2.23. The van der Waals surface area contributed by atoms with E-state index in [0.29, 0.717) is 18.1 Å². The van der Waals surface area contributed by atoms with E-state index >= 15 is 0 Å². The van der Waals surface area contributed by atoms with E-state index < -0.39 is 0 Å². The molecule has 2 bridgehead atoms. The van der Waals surface area contributed by atoms with Gasteiger partial charge in [-0.2, -0.15) is 0 Å². The number of rotatable bonds is 2. The van der Waals surface area contributed by atoms with Crippen molar-refractivity contribution in [2.24, 2.45) is 0 Å². The molecule has 4 rings (SSSR count). The standard InChI is InChI=1S/C16H18N2OS/c19-16(11-1-4-15-10(7-11)5-6-20-15)18-14-8-12-2-3-13(9-14)17-12/h1,4-7,12-14,17H,2-3,8-9H2,(H,18,19). The number of hydrogen-bond donors (Lipinski definition) is 2. The molecule has 1 amide bonds. The predicted molar refractivity (Wildman–Crippen MR) is 82.3 cm³/mol. The summed E-state index contributed by atoms with van der Waals surface area (Å²) >= 11 is 1.71. The van der Waals surface area contributed by atoms with Crippen molar-refractivity contribution in [1.29, 1.82) is 0 Å². The van der Waals surface area contributed by atoms with Gasteiger partial charge in [0.1, 0.15) is 0 Å². The number of nitrogens with one attached hydrogen (secondary N) is 2. The van der Waals surface area contributed by atoms with E-state index in [9.17, 15) is 4.79 Å². The van der Waals surface area contributed by atoms with Crippen molar-refractivity contribution in [3.8, 4) is 0 Å². The van der Waals surface area contributed by atoms with Crippen LogP contribution in [-0.2, 0) is 0 Å². The molecule has 2 aromatic rings. The van der Waals surface area contributed by atoms with Crippen molar-refractivity contribution in [3.63, 3.8) is 0 Å². The summed E-state index contributed by atoms with van der Waals surface area (Å²) in [6, 6.07) is 9.60. The highest BCUT2D eigenvalue weighted by molar-refractivity contribution is 7.17. The van der Waals surface area contributed by atoms with Gasteiger partial charge in [0.2, 0.25) is 0 Å². The second-order valence-electron chi connectivity index (χ2n) is 5.95. The maximum atomic E-state index is 12.4. The van der Waals surface area contributed by atoms with Gasteiger partial charge in [0.25, 0.3) is 5.91 Å². The van der Waals surface area contributed by atoms with Crippen molar-refractivity contribution in [2.75, 3.05) is 0 Å². The summed E-state index contributed by atoms with van der Waals surface area (Å²) in [6.45, 7) is 0. The van der Waals surface area contributed by atoms with Crippen LogP contribution in [0.5, 0.6) is 0 Å². The van der Waals surface area contributed by atoms with Crippen LogP contribution in [0.2, 0.25) is 0 Å². The Labute approximate surface area is 122 Å². The van der Waals surface area contributed by atoms with E-state index in [2.05, 4.69) is 22.1 Å². The van der Waals surface area contributed by atoms with Crippen LogP contribution in [0, 0.1) is 0 Å². The summed E-state index contributed by atoms with van der Waals surface area (Å²) in [5, 5.41) is 10.0. The van der Waals surface area contributed by atoms with E-state index in [4.69, 9.17) is 0 Å². The van der Waals surface area contributed by atoms with Gasteiger partial charge >= 0.3 is 0 Å². The van der Waals surface area contributed by atoms with Crippen LogP contribution in [0.25, 0.3) is 10.1 Å². The molecule has 4 heteroatoms. The number of fused-ring (bicyclic) bond motifs is 3. The average molecular weight is 286 g/mol. The number of carbonyl (C=O) groups excluding carboxylic acids is 1. The molecular weight excluding hydrogens is 268 g/mol. The van der Waals surface area contributed by atoms with Gasteiger partial charge in [-0.1, -0.05) is 0 Å². The Bertz CT molecular complexity index is 639. The van der Waals surface area contributed by atoms with Crippen molar-refractivity contribution in [3.05, 3.63) is 35.2 Å². The second kappa shape index (κ2) is 4.86. The number of benzene rings is 1. The van der Waals surface area contributed by atoms with Crippen LogP contribution >= 0.6 is 11.3 Å². The molecule has 2 saturated heterocycles.